The smallest absolute Gasteiger partial charge is 0.148 e. The molecule has 1 heterocycles. The van der Waals surface area contributed by atoms with E-state index in [2.05, 4.69) is 29.4 Å². The lowest BCUT2D eigenvalue weighted by Gasteiger charge is -2.20. The first-order chi connectivity index (χ1) is 7.12. The van der Waals surface area contributed by atoms with Gasteiger partial charge < -0.3 is 5.32 Å². The van der Waals surface area contributed by atoms with Gasteiger partial charge in [0.05, 0.1) is 6.20 Å². The largest absolute Gasteiger partial charge is 0.368 e. The van der Waals surface area contributed by atoms with Gasteiger partial charge in [0.1, 0.15) is 5.82 Å². The molecule has 15 heavy (non-hydrogen) atoms. The van der Waals surface area contributed by atoms with Crippen molar-refractivity contribution in [3.63, 3.8) is 0 Å². The van der Waals surface area contributed by atoms with Crippen molar-refractivity contribution < 1.29 is 0 Å². The van der Waals surface area contributed by atoms with E-state index in [1.165, 1.54) is 12.8 Å². The van der Waals surface area contributed by atoms with E-state index in [-0.39, 0.29) is 0 Å². The van der Waals surface area contributed by atoms with Gasteiger partial charge in [-0.05, 0) is 42.7 Å². The first-order valence-corrected chi connectivity index (χ1v) is 5.66. The Bertz CT molecular complexity index is 342. The lowest BCUT2D eigenvalue weighted by Crippen LogP contribution is -2.21. The minimum atomic E-state index is 0.519. The Morgan fingerprint density at radius 2 is 2.20 bits per heavy atom. The highest BCUT2D eigenvalue weighted by molar-refractivity contribution is 5.35. The number of aromatic nitrogens is 2. The molecule has 0 aliphatic heterocycles. The zero-order valence-electron chi connectivity index (χ0n) is 9.75. The van der Waals surface area contributed by atoms with E-state index in [1.54, 1.807) is 6.20 Å². The fourth-order valence-electron chi connectivity index (χ4n) is 1.94. The van der Waals surface area contributed by atoms with Crippen molar-refractivity contribution in [3.05, 3.63) is 17.8 Å². The Balaban J connectivity index is 1.94. The molecule has 1 saturated carbocycles. The molecule has 1 N–H and O–H groups in total. The van der Waals surface area contributed by atoms with Gasteiger partial charge in [-0.25, -0.2) is 0 Å². The van der Waals surface area contributed by atoms with Crippen LogP contribution in [0.5, 0.6) is 0 Å². The second kappa shape index (κ2) is 3.80. The number of nitrogens with zero attached hydrogens (tertiary/aromatic N) is 2. The molecule has 0 saturated heterocycles. The Morgan fingerprint density at radius 3 is 2.73 bits per heavy atom. The fraction of sp³-hybridized carbons (Fsp3) is 0.667. The first-order valence-electron chi connectivity index (χ1n) is 5.66. The summed E-state index contributed by atoms with van der Waals surface area (Å²) < 4.78 is 0. The second-order valence-electron chi connectivity index (χ2n) is 4.99. The average molecular weight is 205 g/mol. The van der Waals surface area contributed by atoms with Gasteiger partial charge in [0, 0.05) is 6.54 Å². The summed E-state index contributed by atoms with van der Waals surface area (Å²) in [6.45, 7) is 7.67. The number of nitrogens with one attached hydrogen (secondary N) is 1. The highest BCUT2D eigenvalue weighted by Gasteiger charge is 2.44. The molecular formula is C12H19N3. The monoisotopic (exact) mass is 205 g/mol. The minimum Gasteiger partial charge on any atom is -0.368 e. The molecule has 0 radical (unpaired) electrons. The lowest BCUT2D eigenvalue weighted by atomic mass is 9.92. The summed E-state index contributed by atoms with van der Waals surface area (Å²) in [5.74, 6) is 1.66. The predicted molar refractivity (Wildman–Crippen MR) is 61.8 cm³/mol. The quantitative estimate of drug-likeness (QED) is 0.821. The van der Waals surface area contributed by atoms with E-state index in [1.807, 2.05) is 13.0 Å². The summed E-state index contributed by atoms with van der Waals surface area (Å²) in [6.07, 6.45) is 4.47. The Labute approximate surface area is 91.3 Å². The second-order valence-corrected chi connectivity index (χ2v) is 4.99. The summed E-state index contributed by atoms with van der Waals surface area (Å²) >= 11 is 0. The highest BCUT2D eigenvalue weighted by Crippen LogP contribution is 2.51. The molecule has 0 aromatic carbocycles. The van der Waals surface area contributed by atoms with Crippen molar-refractivity contribution in [3.8, 4) is 0 Å². The van der Waals surface area contributed by atoms with E-state index in [0.29, 0.717) is 5.41 Å². The van der Waals surface area contributed by atoms with Crippen LogP contribution in [0.4, 0.5) is 5.82 Å². The van der Waals surface area contributed by atoms with Crippen molar-refractivity contribution >= 4 is 5.82 Å². The molecule has 1 fully saturated rings. The zero-order chi connectivity index (χ0) is 10.9. The molecule has 3 nitrogen and oxygen atoms in total. The van der Waals surface area contributed by atoms with Crippen molar-refractivity contribution in [2.75, 3.05) is 11.9 Å². The zero-order valence-corrected chi connectivity index (χ0v) is 9.75. The van der Waals surface area contributed by atoms with Gasteiger partial charge in [-0.2, -0.15) is 5.10 Å². The molecule has 1 aliphatic rings. The van der Waals surface area contributed by atoms with Crippen LogP contribution in [0.3, 0.4) is 0 Å². The number of rotatable bonds is 4. The molecule has 0 atom stereocenters. The summed E-state index contributed by atoms with van der Waals surface area (Å²) in [5, 5.41) is 11.4. The molecule has 0 spiro atoms. The third kappa shape index (κ3) is 2.28. The molecule has 0 bridgehead atoms. The van der Waals surface area contributed by atoms with Crippen LogP contribution in [0, 0.1) is 18.3 Å². The highest BCUT2D eigenvalue weighted by atomic mass is 15.2. The van der Waals surface area contributed by atoms with Crippen molar-refractivity contribution in [2.24, 2.45) is 11.3 Å². The Hall–Kier alpha value is -1.12. The van der Waals surface area contributed by atoms with Crippen LogP contribution in [-0.2, 0) is 0 Å². The lowest BCUT2D eigenvalue weighted by molar-refractivity contribution is 0.379. The van der Waals surface area contributed by atoms with Crippen LogP contribution in [0.25, 0.3) is 0 Å². The Morgan fingerprint density at radius 1 is 1.47 bits per heavy atom. The fourth-order valence-corrected chi connectivity index (χ4v) is 1.94. The number of aryl methyl sites for hydroxylation is 1. The summed E-state index contributed by atoms with van der Waals surface area (Å²) in [5.41, 5.74) is 1.67. The van der Waals surface area contributed by atoms with Crippen LogP contribution in [0.15, 0.2) is 12.3 Å². The van der Waals surface area contributed by atoms with Gasteiger partial charge in [-0.3, -0.25) is 0 Å². The van der Waals surface area contributed by atoms with E-state index in [4.69, 9.17) is 0 Å². The maximum atomic E-state index is 4.07. The molecule has 0 amide bonds. The van der Waals surface area contributed by atoms with Crippen LogP contribution in [0.1, 0.15) is 32.3 Å². The predicted octanol–water partition coefficient (Wildman–Crippen LogP) is 2.63. The van der Waals surface area contributed by atoms with Crippen LogP contribution in [0.2, 0.25) is 0 Å². The van der Waals surface area contributed by atoms with Gasteiger partial charge in [0.25, 0.3) is 0 Å². The third-order valence-corrected chi connectivity index (χ3v) is 3.53. The summed E-state index contributed by atoms with van der Waals surface area (Å²) in [7, 11) is 0. The van der Waals surface area contributed by atoms with Crippen LogP contribution >= 0.6 is 0 Å². The molecule has 0 unspecified atom stereocenters. The molecule has 1 aromatic heterocycles. The van der Waals surface area contributed by atoms with Gasteiger partial charge in [0.2, 0.25) is 0 Å². The van der Waals surface area contributed by atoms with Gasteiger partial charge in [-0.1, -0.05) is 13.8 Å². The molecular weight excluding hydrogens is 186 g/mol. The van der Waals surface area contributed by atoms with E-state index < -0.39 is 0 Å². The Kier molecular flexibility index (Phi) is 2.63. The SMILES string of the molecule is Cc1cnnc(NCC2(C(C)C)CC2)c1. The molecule has 2 rings (SSSR count). The number of hydrogen-bond donors (Lipinski definition) is 1. The summed E-state index contributed by atoms with van der Waals surface area (Å²) in [4.78, 5) is 0. The van der Waals surface area contributed by atoms with Gasteiger partial charge in [0.15, 0.2) is 0 Å². The topological polar surface area (TPSA) is 37.8 Å². The van der Waals surface area contributed by atoms with Crippen molar-refractivity contribution in [1.29, 1.82) is 0 Å². The van der Waals surface area contributed by atoms with Crippen molar-refractivity contribution in [1.82, 2.24) is 10.2 Å². The molecule has 1 aromatic rings. The maximum Gasteiger partial charge on any atom is 0.148 e. The van der Waals surface area contributed by atoms with Crippen LogP contribution in [-0.4, -0.2) is 16.7 Å². The third-order valence-electron chi connectivity index (χ3n) is 3.53. The summed E-state index contributed by atoms with van der Waals surface area (Å²) in [6, 6.07) is 2.05. The normalized spacial score (nSPS) is 17.9. The van der Waals surface area contributed by atoms with Gasteiger partial charge in [-0.15, -0.1) is 5.10 Å². The van der Waals surface area contributed by atoms with E-state index in [9.17, 15) is 0 Å². The minimum absolute atomic E-state index is 0.519. The molecule has 3 heteroatoms. The van der Waals surface area contributed by atoms with E-state index >= 15 is 0 Å². The molecule has 1 aliphatic carbocycles. The maximum absolute atomic E-state index is 4.07. The van der Waals surface area contributed by atoms with Gasteiger partial charge >= 0.3 is 0 Å². The van der Waals surface area contributed by atoms with Crippen molar-refractivity contribution in [2.45, 2.75) is 33.6 Å². The van der Waals surface area contributed by atoms with E-state index in [0.717, 1.165) is 23.8 Å². The van der Waals surface area contributed by atoms with Crippen LogP contribution < -0.4 is 5.32 Å². The number of anilines is 1. The average Bonchev–Trinajstić information content (AvgIpc) is 2.96. The number of hydrogen-bond acceptors (Lipinski definition) is 3. The standard InChI is InChI=1S/C12H19N3/c1-9(2)12(4-5-12)8-13-11-6-10(3)7-14-15-11/h6-7,9H,4-5,8H2,1-3H3,(H,13,15). The molecule has 82 valence electrons. The first kappa shape index (κ1) is 10.4.